The first-order chi connectivity index (χ1) is 13.9. The summed E-state index contributed by atoms with van der Waals surface area (Å²) in [5, 5.41) is 7.21. The highest BCUT2D eigenvalue weighted by Crippen LogP contribution is 2.39. The molecule has 2 amide bonds. The highest BCUT2D eigenvalue weighted by atomic mass is 79.9. The molecule has 30 heavy (non-hydrogen) atoms. The molecule has 0 fully saturated rings. The summed E-state index contributed by atoms with van der Waals surface area (Å²) >= 11 is 4.13. The molecule has 0 aromatic carbocycles. The zero-order chi connectivity index (χ0) is 22.4. The number of halogens is 4. The molecule has 0 aliphatic rings. The van der Waals surface area contributed by atoms with Crippen LogP contribution in [0.5, 0.6) is 0 Å². The topological polar surface area (TPSA) is 103 Å². The zero-order valence-electron chi connectivity index (χ0n) is 16.1. The first kappa shape index (κ1) is 22.2. The van der Waals surface area contributed by atoms with E-state index in [1.807, 2.05) is 13.8 Å². The average Bonchev–Trinajstić information content (AvgIpc) is 3.12. The number of amides is 2. The van der Waals surface area contributed by atoms with Crippen molar-refractivity contribution in [3.8, 4) is 0 Å². The van der Waals surface area contributed by atoms with E-state index in [2.05, 4.69) is 31.3 Å². The van der Waals surface area contributed by atoms with E-state index in [4.69, 9.17) is 5.73 Å². The van der Waals surface area contributed by atoms with Gasteiger partial charge in [0.25, 0.3) is 5.91 Å². The quantitative estimate of drug-likeness (QED) is 0.540. The molecule has 0 unspecified atom stereocenters. The molecule has 0 bridgehead atoms. The van der Waals surface area contributed by atoms with Crippen molar-refractivity contribution in [3.05, 3.63) is 38.1 Å². The Balaban J connectivity index is 1.92. The van der Waals surface area contributed by atoms with E-state index in [1.54, 1.807) is 4.68 Å². The van der Waals surface area contributed by atoms with Gasteiger partial charge < -0.3 is 11.1 Å². The maximum atomic E-state index is 13.1. The van der Waals surface area contributed by atoms with Gasteiger partial charge >= 0.3 is 6.18 Å². The normalized spacial score (nSPS) is 11.8. The molecule has 0 atom stereocenters. The predicted octanol–water partition coefficient (Wildman–Crippen LogP) is 4.33. The summed E-state index contributed by atoms with van der Waals surface area (Å²) in [5.41, 5.74) is 6.27. The smallest absolute Gasteiger partial charge is 0.365 e. The number of nitrogens with two attached hydrogens (primary N) is 1. The fourth-order valence-electron chi connectivity index (χ4n) is 3.02. The fourth-order valence-corrected chi connectivity index (χ4v) is 4.36. The predicted molar refractivity (Wildman–Crippen MR) is 111 cm³/mol. The zero-order valence-corrected chi connectivity index (χ0v) is 18.5. The lowest BCUT2D eigenvalue weighted by Crippen LogP contribution is -2.18. The molecule has 3 N–H and O–H groups in total. The van der Waals surface area contributed by atoms with Gasteiger partial charge in [-0.15, -0.1) is 11.3 Å². The highest BCUT2D eigenvalue weighted by molar-refractivity contribution is 9.10. The second-order valence-corrected chi connectivity index (χ2v) is 8.47. The van der Waals surface area contributed by atoms with Crippen LogP contribution < -0.4 is 11.1 Å². The number of pyridine rings is 1. The van der Waals surface area contributed by atoms with Crippen molar-refractivity contribution in [2.45, 2.75) is 39.9 Å². The molecule has 0 radical (unpaired) electrons. The molecule has 0 spiro atoms. The third kappa shape index (κ3) is 4.19. The molecule has 0 saturated heterocycles. The van der Waals surface area contributed by atoms with E-state index < -0.39 is 23.7 Å². The van der Waals surface area contributed by atoms with Crippen molar-refractivity contribution in [1.82, 2.24) is 14.8 Å². The molecule has 3 heterocycles. The lowest BCUT2D eigenvalue weighted by atomic mass is 10.1. The lowest BCUT2D eigenvalue weighted by Gasteiger charge is -2.10. The maximum absolute atomic E-state index is 13.1. The van der Waals surface area contributed by atoms with Gasteiger partial charge in [0.15, 0.2) is 0 Å². The van der Waals surface area contributed by atoms with Gasteiger partial charge in [-0.1, -0.05) is 0 Å². The number of alkyl halides is 3. The maximum Gasteiger partial charge on any atom is 0.433 e. The van der Waals surface area contributed by atoms with Gasteiger partial charge in [-0.2, -0.15) is 18.3 Å². The number of aryl methyl sites for hydroxylation is 3. The molecule has 3 rings (SSSR count). The van der Waals surface area contributed by atoms with E-state index >= 15 is 0 Å². The van der Waals surface area contributed by atoms with Gasteiger partial charge in [0.05, 0.1) is 22.4 Å². The van der Waals surface area contributed by atoms with Crippen LogP contribution in [0.3, 0.4) is 0 Å². The van der Waals surface area contributed by atoms with Crippen LogP contribution >= 0.6 is 27.3 Å². The number of carbonyl (C=O) groups is 2. The number of nitrogens with one attached hydrogen (secondary N) is 1. The minimum absolute atomic E-state index is 0.0195. The first-order valence-corrected chi connectivity index (χ1v) is 10.3. The Kier molecular flexibility index (Phi) is 5.92. The SMILES string of the molecule is Cc1nn(CCC(=O)Nc2c(C(N)=O)sc3nc(C(F)(F)F)cc(C)c23)c(C)c1Br. The lowest BCUT2D eigenvalue weighted by molar-refractivity contribution is -0.141. The van der Waals surface area contributed by atoms with Crippen LogP contribution in [-0.2, 0) is 17.5 Å². The molecule has 12 heteroatoms. The molecule has 0 saturated carbocycles. The molecule has 0 aliphatic carbocycles. The number of aromatic nitrogens is 3. The van der Waals surface area contributed by atoms with Crippen LogP contribution in [0.1, 0.15) is 38.7 Å². The summed E-state index contributed by atoms with van der Waals surface area (Å²) in [6.45, 7) is 5.43. The Bertz CT molecular complexity index is 1170. The number of carbonyl (C=O) groups excluding carboxylic acids is 2. The molecule has 160 valence electrons. The van der Waals surface area contributed by atoms with Gasteiger partial charge in [-0.25, -0.2) is 4.98 Å². The minimum Gasteiger partial charge on any atom is -0.365 e. The second-order valence-electron chi connectivity index (χ2n) is 6.68. The first-order valence-electron chi connectivity index (χ1n) is 8.70. The molecule has 3 aromatic rings. The number of anilines is 1. The molecule has 3 aromatic heterocycles. The van der Waals surface area contributed by atoms with Crippen LogP contribution in [0.4, 0.5) is 18.9 Å². The van der Waals surface area contributed by atoms with Crippen LogP contribution in [-0.4, -0.2) is 26.6 Å². The number of hydrogen-bond acceptors (Lipinski definition) is 5. The number of hydrogen-bond donors (Lipinski definition) is 2. The van der Waals surface area contributed by atoms with Crippen molar-refractivity contribution in [3.63, 3.8) is 0 Å². The third-order valence-electron chi connectivity index (χ3n) is 4.48. The number of thiophene rings is 1. The Morgan fingerprint density at radius 3 is 2.50 bits per heavy atom. The summed E-state index contributed by atoms with van der Waals surface area (Å²) in [6.07, 6.45) is -4.59. The van der Waals surface area contributed by atoms with Gasteiger partial charge in [0.1, 0.15) is 15.4 Å². The van der Waals surface area contributed by atoms with E-state index in [0.717, 1.165) is 21.9 Å². The van der Waals surface area contributed by atoms with Gasteiger partial charge in [0, 0.05) is 17.5 Å². The molecular formula is C18H17BrF3N5O2S. The number of rotatable bonds is 5. The summed E-state index contributed by atoms with van der Waals surface area (Å²) in [5.74, 6) is -1.29. The van der Waals surface area contributed by atoms with Gasteiger partial charge in [0.2, 0.25) is 5.91 Å². The number of nitrogens with zero attached hydrogens (tertiary/aromatic N) is 3. The van der Waals surface area contributed by atoms with Crippen LogP contribution in [0.15, 0.2) is 10.5 Å². The Morgan fingerprint density at radius 1 is 1.30 bits per heavy atom. The molecule has 0 aliphatic heterocycles. The summed E-state index contributed by atoms with van der Waals surface area (Å²) < 4.78 is 41.7. The average molecular weight is 504 g/mol. The third-order valence-corrected chi connectivity index (χ3v) is 6.73. The second kappa shape index (κ2) is 7.99. The monoisotopic (exact) mass is 503 g/mol. The number of primary amides is 1. The Labute approximate surface area is 181 Å². The van der Waals surface area contributed by atoms with Crippen LogP contribution in [0.2, 0.25) is 0 Å². The largest absolute Gasteiger partial charge is 0.433 e. The van der Waals surface area contributed by atoms with Crippen molar-refractivity contribution < 1.29 is 22.8 Å². The van der Waals surface area contributed by atoms with E-state index in [-0.39, 0.29) is 39.3 Å². The summed E-state index contributed by atoms with van der Waals surface area (Å²) in [6, 6.07) is 0.878. The molecular weight excluding hydrogens is 487 g/mol. The Hall–Kier alpha value is -2.47. The van der Waals surface area contributed by atoms with Crippen molar-refractivity contribution in [2.24, 2.45) is 5.73 Å². The fraction of sp³-hybridized carbons (Fsp3) is 0.333. The van der Waals surface area contributed by atoms with Crippen molar-refractivity contribution in [1.29, 1.82) is 0 Å². The van der Waals surface area contributed by atoms with Gasteiger partial charge in [-0.3, -0.25) is 14.3 Å². The van der Waals surface area contributed by atoms with Crippen LogP contribution in [0, 0.1) is 20.8 Å². The van der Waals surface area contributed by atoms with Crippen molar-refractivity contribution >= 4 is 55.0 Å². The van der Waals surface area contributed by atoms with Crippen molar-refractivity contribution in [2.75, 3.05) is 5.32 Å². The minimum atomic E-state index is -4.63. The molecule has 7 nitrogen and oxygen atoms in total. The van der Waals surface area contributed by atoms with E-state index in [0.29, 0.717) is 11.3 Å². The summed E-state index contributed by atoms with van der Waals surface area (Å²) in [4.78, 5) is 27.9. The summed E-state index contributed by atoms with van der Waals surface area (Å²) in [7, 11) is 0. The van der Waals surface area contributed by atoms with E-state index in [9.17, 15) is 22.8 Å². The standard InChI is InChI=1S/C18H17BrF3N5O2S/c1-7-6-10(18(20,21)22)24-17-12(7)14(15(30-17)16(23)29)25-11(28)4-5-27-9(3)13(19)8(2)26-27/h6H,4-5H2,1-3H3,(H2,23,29)(H,25,28). The highest BCUT2D eigenvalue weighted by Gasteiger charge is 2.34. The van der Waals surface area contributed by atoms with Crippen LogP contribution in [0.25, 0.3) is 10.2 Å². The van der Waals surface area contributed by atoms with E-state index in [1.165, 1.54) is 6.92 Å². The number of fused-ring (bicyclic) bond motifs is 1. The Morgan fingerprint density at radius 2 is 1.97 bits per heavy atom. The van der Waals surface area contributed by atoms with Gasteiger partial charge in [-0.05, 0) is 48.3 Å².